The van der Waals surface area contributed by atoms with Gasteiger partial charge in [-0.05, 0) is 57.4 Å². The Hall–Kier alpha value is -1.51. The fraction of sp³-hybridized carbons (Fsp3) is 0.533. The van der Waals surface area contributed by atoms with Crippen LogP contribution in [-0.4, -0.2) is 19.6 Å². The summed E-state index contributed by atoms with van der Waals surface area (Å²) in [6.07, 6.45) is 0. The summed E-state index contributed by atoms with van der Waals surface area (Å²) in [4.78, 5) is 11.6. The van der Waals surface area contributed by atoms with E-state index in [4.69, 9.17) is 4.74 Å². The summed E-state index contributed by atoms with van der Waals surface area (Å²) in [5.74, 6) is -0.198. The normalized spacial score (nSPS) is 11.2. The zero-order valence-corrected chi connectivity index (χ0v) is 12.2. The average Bonchev–Trinajstić information content (AvgIpc) is 2.34. The molecule has 0 bridgehead atoms. The maximum absolute atomic E-state index is 11.6. The van der Waals surface area contributed by atoms with Crippen LogP contribution in [0.5, 0.6) is 0 Å². The van der Waals surface area contributed by atoms with Gasteiger partial charge in [0.05, 0.1) is 12.5 Å². The van der Waals surface area contributed by atoms with Gasteiger partial charge in [0.15, 0.2) is 0 Å². The van der Waals surface area contributed by atoms with Crippen LogP contribution in [-0.2, 0) is 9.53 Å². The third-order valence-electron chi connectivity index (χ3n) is 3.52. The molecule has 0 aliphatic carbocycles. The van der Waals surface area contributed by atoms with E-state index in [0.717, 1.165) is 5.69 Å². The first kappa shape index (κ1) is 14.6. The largest absolute Gasteiger partial charge is 0.469 e. The molecule has 100 valence electrons. The molecular formula is C15H23NO2. The van der Waals surface area contributed by atoms with Crippen molar-refractivity contribution >= 4 is 11.7 Å². The monoisotopic (exact) mass is 249 g/mol. The van der Waals surface area contributed by atoms with Crippen LogP contribution in [0.3, 0.4) is 0 Å². The van der Waals surface area contributed by atoms with Gasteiger partial charge in [-0.3, -0.25) is 4.79 Å². The van der Waals surface area contributed by atoms with Gasteiger partial charge in [0, 0.05) is 12.2 Å². The summed E-state index contributed by atoms with van der Waals surface area (Å²) in [6.45, 7) is 10.6. The molecule has 0 aliphatic rings. The summed E-state index contributed by atoms with van der Waals surface area (Å²) in [5.41, 5.74) is 4.35. The predicted molar refractivity (Wildman–Crippen MR) is 74.9 cm³/mol. The first-order chi connectivity index (χ1) is 8.29. The molecule has 0 aromatic heterocycles. The molecule has 3 heteroatoms. The molecule has 1 aromatic rings. The number of aryl methyl sites for hydroxylation is 1. The molecule has 0 saturated carbocycles. The molecule has 0 spiro atoms. The quantitative estimate of drug-likeness (QED) is 0.833. The fourth-order valence-corrected chi connectivity index (χ4v) is 1.81. The van der Waals surface area contributed by atoms with Gasteiger partial charge in [-0.15, -0.1) is 0 Å². The first-order valence-corrected chi connectivity index (χ1v) is 6.18. The van der Waals surface area contributed by atoms with Crippen molar-refractivity contribution in [2.24, 2.45) is 5.41 Å². The van der Waals surface area contributed by atoms with E-state index in [1.165, 1.54) is 23.8 Å². The molecule has 0 fully saturated rings. The van der Waals surface area contributed by atoms with E-state index in [0.29, 0.717) is 6.54 Å². The second kappa shape index (κ2) is 5.42. The summed E-state index contributed by atoms with van der Waals surface area (Å²) >= 11 is 0. The van der Waals surface area contributed by atoms with Gasteiger partial charge in [0.1, 0.15) is 0 Å². The minimum absolute atomic E-state index is 0.198. The first-order valence-electron chi connectivity index (χ1n) is 6.18. The van der Waals surface area contributed by atoms with Crippen molar-refractivity contribution in [3.63, 3.8) is 0 Å². The molecule has 3 nitrogen and oxygen atoms in total. The van der Waals surface area contributed by atoms with E-state index in [1.54, 1.807) is 0 Å². The summed E-state index contributed by atoms with van der Waals surface area (Å²) in [5, 5.41) is 3.34. The highest BCUT2D eigenvalue weighted by atomic mass is 16.5. The number of nitrogens with one attached hydrogen (secondary N) is 1. The fourth-order valence-electron chi connectivity index (χ4n) is 1.81. The van der Waals surface area contributed by atoms with Crippen LogP contribution in [0.1, 0.15) is 30.5 Å². The van der Waals surface area contributed by atoms with Crippen LogP contribution >= 0.6 is 0 Å². The van der Waals surface area contributed by atoms with Crippen molar-refractivity contribution < 1.29 is 9.53 Å². The van der Waals surface area contributed by atoms with Crippen LogP contribution < -0.4 is 5.32 Å². The van der Waals surface area contributed by atoms with E-state index in [-0.39, 0.29) is 5.97 Å². The molecule has 1 rings (SSSR count). The van der Waals surface area contributed by atoms with E-state index < -0.39 is 5.41 Å². The Bertz CT molecular complexity index is 450. The molecule has 0 atom stereocenters. The topological polar surface area (TPSA) is 38.3 Å². The third-order valence-corrected chi connectivity index (χ3v) is 3.52. The molecule has 0 heterocycles. The van der Waals surface area contributed by atoms with Crippen LogP contribution in [0.2, 0.25) is 0 Å². The Labute approximate surface area is 110 Å². The van der Waals surface area contributed by atoms with Gasteiger partial charge >= 0.3 is 5.97 Å². The van der Waals surface area contributed by atoms with E-state index in [9.17, 15) is 4.79 Å². The predicted octanol–water partition coefficient (Wildman–Crippen LogP) is 3.22. The lowest BCUT2D eigenvalue weighted by Gasteiger charge is -2.23. The number of hydrogen-bond acceptors (Lipinski definition) is 3. The number of rotatable bonds is 4. The summed E-state index contributed by atoms with van der Waals surface area (Å²) < 4.78 is 4.80. The smallest absolute Gasteiger partial charge is 0.313 e. The average molecular weight is 249 g/mol. The highest BCUT2D eigenvalue weighted by Crippen LogP contribution is 2.24. The van der Waals surface area contributed by atoms with Crippen molar-refractivity contribution in [1.29, 1.82) is 0 Å². The van der Waals surface area contributed by atoms with Crippen molar-refractivity contribution in [3.8, 4) is 0 Å². The van der Waals surface area contributed by atoms with Crippen molar-refractivity contribution in [2.45, 2.75) is 34.6 Å². The maximum atomic E-state index is 11.6. The molecular weight excluding hydrogens is 226 g/mol. The number of benzene rings is 1. The SMILES string of the molecule is COC(=O)C(C)(C)CNc1ccc(C)c(C)c1C. The second-order valence-corrected chi connectivity index (χ2v) is 5.41. The van der Waals surface area contributed by atoms with Crippen LogP contribution in [0.15, 0.2) is 12.1 Å². The lowest BCUT2D eigenvalue weighted by atomic mass is 9.93. The maximum Gasteiger partial charge on any atom is 0.313 e. The molecule has 0 saturated heterocycles. The van der Waals surface area contributed by atoms with Crippen LogP contribution in [0.4, 0.5) is 5.69 Å². The van der Waals surface area contributed by atoms with E-state index >= 15 is 0 Å². The number of ether oxygens (including phenoxy) is 1. The minimum atomic E-state index is -0.528. The lowest BCUT2D eigenvalue weighted by molar-refractivity contribution is -0.149. The van der Waals surface area contributed by atoms with E-state index in [2.05, 4.69) is 38.2 Å². The van der Waals surface area contributed by atoms with Crippen molar-refractivity contribution in [3.05, 3.63) is 28.8 Å². The Kier molecular flexibility index (Phi) is 4.38. The number of esters is 1. The molecule has 1 aromatic carbocycles. The Morgan fingerprint density at radius 1 is 1.22 bits per heavy atom. The van der Waals surface area contributed by atoms with Crippen LogP contribution in [0.25, 0.3) is 0 Å². The van der Waals surface area contributed by atoms with Crippen molar-refractivity contribution in [1.82, 2.24) is 0 Å². The summed E-state index contributed by atoms with van der Waals surface area (Å²) in [7, 11) is 1.42. The zero-order valence-electron chi connectivity index (χ0n) is 12.2. The van der Waals surface area contributed by atoms with Gasteiger partial charge < -0.3 is 10.1 Å². The van der Waals surface area contributed by atoms with Gasteiger partial charge in [-0.2, -0.15) is 0 Å². The number of hydrogen-bond donors (Lipinski definition) is 1. The molecule has 0 aliphatic heterocycles. The lowest BCUT2D eigenvalue weighted by Crippen LogP contribution is -2.33. The highest BCUT2D eigenvalue weighted by molar-refractivity contribution is 5.76. The number of methoxy groups -OCH3 is 1. The third kappa shape index (κ3) is 3.03. The summed E-state index contributed by atoms with van der Waals surface area (Å²) in [6, 6.07) is 4.15. The Balaban J connectivity index is 2.82. The Morgan fingerprint density at radius 3 is 2.39 bits per heavy atom. The van der Waals surface area contributed by atoms with Crippen molar-refractivity contribution in [2.75, 3.05) is 19.0 Å². The Morgan fingerprint density at radius 2 is 1.83 bits per heavy atom. The zero-order chi connectivity index (χ0) is 13.9. The molecule has 0 amide bonds. The standard InChI is InChI=1S/C15H23NO2/c1-10-7-8-13(12(3)11(10)2)16-9-15(4,5)14(17)18-6/h7-8,16H,9H2,1-6H3. The van der Waals surface area contributed by atoms with Crippen LogP contribution in [0, 0.1) is 26.2 Å². The highest BCUT2D eigenvalue weighted by Gasteiger charge is 2.28. The molecule has 0 unspecified atom stereocenters. The second-order valence-electron chi connectivity index (χ2n) is 5.41. The van der Waals surface area contributed by atoms with E-state index in [1.807, 2.05) is 13.8 Å². The molecule has 1 N–H and O–H groups in total. The van der Waals surface area contributed by atoms with Gasteiger partial charge in [0.2, 0.25) is 0 Å². The number of carbonyl (C=O) groups is 1. The minimum Gasteiger partial charge on any atom is -0.469 e. The van der Waals surface area contributed by atoms with Gasteiger partial charge in [-0.1, -0.05) is 6.07 Å². The molecule has 0 radical (unpaired) electrons. The number of carbonyl (C=O) groups excluding carboxylic acids is 1. The van der Waals surface area contributed by atoms with Gasteiger partial charge in [-0.25, -0.2) is 0 Å². The number of anilines is 1. The van der Waals surface area contributed by atoms with Gasteiger partial charge in [0.25, 0.3) is 0 Å². The molecule has 18 heavy (non-hydrogen) atoms.